The average Bonchev–Trinajstić information content (AvgIpc) is 2.61. The molecular weight excluding hydrogens is 319 g/mol. The fraction of sp³-hybridized carbons (Fsp3) is 0.125. The van der Waals surface area contributed by atoms with Gasteiger partial charge in [-0.3, -0.25) is 0 Å². The number of hydrogen-bond acceptors (Lipinski definition) is 4. The zero-order chi connectivity index (χ0) is 9.42. The van der Waals surface area contributed by atoms with Gasteiger partial charge in [0, 0.05) is 10.8 Å². The molecular formula is C8H5IO2S2. The zero-order valence-corrected chi connectivity index (χ0v) is 10.5. The van der Waals surface area contributed by atoms with E-state index in [1.165, 1.54) is 14.0 Å². The van der Waals surface area contributed by atoms with E-state index in [2.05, 4.69) is 27.3 Å². The molecule has 0 atom stereocenters. The standard InChI is InChI=1S/C8H5IO2S2/c1-11-7(10)5-3-12-8-4(5)2-6(9)13-8/h2-3H,1H3. The molecule has 0 bridgehead atoms. The summed E-state index contributed by atoms with van der Waals surface area (Å²) in [6, 6.07) is 2.02. The molecule has 2 rings (SSSR count). The summed E-state index contributed by atoms with van der Waals surface area (Å²) in [5.41, 5.74) is 0.682. The maximum absolute atomic E-state index is 11.3. The monoisotopic (exact) mass is 324 g/mol. The van der Waals surface area contributed by atoms with Gasteiger partial charge in [-0.15, -0.1) is 22.7 Å². The molecule has 0 amide bonds. The summed E-state index contributed by atoms with van der Waals surface area (Å²) in [6.07, 6.45) is 0. The van der Waals surface area contributed by atoms with Crippen LogP contribution in [0.15, 0.2) is 11.4 Å². The first-order chi connectivity index (χ1) is 6.22. The smallest absolute Gasteiger partial charge is 0.339 e. The van der Waals surface area contributed by atoms with Crippen LogP contribution in [-0.4, -0.2) is 13.1 Å². The molecule has 5 heteroatoms. The molecule has 2 aromatic rings. The number of carbonyl (C=O) groups excluding carboxylic acids is 1. The van der Waals surface area contributed by atoms with Crippen molar-refractivity contribution in [2.24, 2.45) is 0 Å². The lowest BCUT2D eigenvalue weighted by Gasteiger charge is -1.93. The molecule has 0 spiro atoms. The molecule has 2 aromatic heterocycles. The van der Waals surface area contributed by atoms with Gasteiger partial charge in [0.15, 0.2) is 0 Å². The summed E-state index contributed by atoms with van der Waals surface area (Å²) in [4.78, 5) is 11.3. The van der Waals surface area contributed by atoms with Gasteiger partial charge in [-0.1, -0.05) is 0 Å². The van der Waals surface area contributed by atoms with Crippen LogP contribution >= 0.6 is 45.3 Å². The molecule has 0 radical (unpaired) electrons. The predicted octanol–water partition coefficient (Wildman–Crippen LogP) is 3.35. The number of hydrogen-bond donors (Lipinski definition) is 0. The van der Waals surface area contributed by atoms with Gasteiger partial charge >= 0.3 is 5.97 Å². The van der Waals surface area contributed by atoms with Crippen molar-refractivity contribution in [2.45, 2.75) is 0 Å². The number of thiophene rings is 2. The van der Waals surface area contributed by atoms with Gasteiger partial charge in [-0.2, -0.15) is 0 Å². The third kappa shape index (κ3) is 1.60. The van der Waals surface area contributed by atoms with Crippen LogP contribution in [0.1, 0.15) is 10.4 Å². The molecule has 0 saturated heterocycles. The minimum atomic E-state index is -0.250. The zero-order valence-electron chi connectivity index (χ0n) is 6.67. The predicted molar refractivity (Wildman–Crippen MR) is 63.8 cm³/mol. The molecule has 0 aliphatic rings. The van der Waals surface area contributed by atoms with Gasteiger partial charge in [0.1, 0.15) is 0 Å². The van der Waals surface area contributed by atoms with Crippen LogP contribution in [0.5, 0.6) is 0 Å². The van der Waals surface area contributed by atoms with E-state index in [-0.39, 0.29) is 5.97 Å². The highest BCUT2D eigenvalue weighted by molar-refractivity contribution is 14.1. The molecule has 0 saturated carbocycles. The highest BCUT2D eigenvalue weighted by Crippen LogP contribution is 2.34. The number of methoxy groups -OCH3 is 1. The van der Waals surface area contributed by atoms with Crippen LogP contribution < -0.4 is 0 Å². The van der Waals surface area contributed by atoms with Gasteiger partial charge in [-0.05, 0) is 28.7 Å². The third-order valence-corrected chi connectivity index (χ3v) is 4.66. The number of ether oxygens (including phenoxy) is 1. The van der Waals surface area contributed by atoms with Crippen molar-refractivity contribution >= 4 is 60.6 Å². The van der Waals surface area contributed by atoms with E-state index in [0.717, 1.165) is 5.39 Å². The van der Waals surface area contributed by atoms with Crippen molar-refractivity contribution in [3.05, 3.63) is 19.9 Å². The molecule has 0 aliphatic carbocycles. The number of fused-ring (bicyclic) bond motifs is 1. The van der Waals surface area contributed by atoms with E-state index in [4.69, 9.17) is 0 Å². The van der Waals surface area contributed by atoms with E-state index in [9.17, 15) is 4.79 Å². The summed E-state index contributed by atoms with van der Waals surface area (Å²) in [5, 5.41) is 2.87. The number of rotatable bonds is 1. The van der Waals surface area contributed by atoms with Gasteiger partial charge < -0.3 is 4.74 Å². The largest absolute Gasteiger partial charge is 0.465 e. The van der Waals surface area contributed by atoms with Crippen LogP contribution in [0.25, 0.3) is 9.40 Å². The molecule has 13 heavy (non-hydrogen) atoms. The summed E-state index contributed by atoms with van der Waals surface area (Å²) in [6.45, 7) is 0. The normalized spacial score (nSPS) is 10.6. The Kier molecular flexibility index (Phi) is 2.57. The average molecular weight is 324 g/mol. The molecule has 68 valence electrons. The second-order valence-electron chi connectivity index (χ2n) is 2.39. The molecule has 0 fully saturated rings. The van der Waals surface area contributed by atoms with E-state index >= 15 is 0 Å². The quantitative estimate of drug-likeness (QED) is 0.594. The van der Waals surface area contributed by atoms with Gasteiger partial charge in [0.25, 0.3) is 0 Å². The lowest BCUT2D eigenvalue weighted by Crippen LogP contribution is -1.98. The van der Waals surface area contributed by atoms with Crippen LogP contribution in [0.4, 0.5) is 0 Å². The Morgan fingerprint density at radius 2 is 2.38 bits per heavy atom. The lowest BCUT2D eigenvalue weighted by atomic mass is 10.2. The van der Waals surface area contributed by atoms with Crippen molar-refractivity contribution in [1.29, 1.82) is 0 Å². The topological polar surface area (TPSA) is 26.3 Å². The SMILES string of the molecule is COC(=O)c1csc2sc(I)cc12. The highest BCUT2D eigenvalue weighted by Gasteiger charge is 2.14. The first kappa shape index (κ1) is 9.42. The van der Waals surface area contributed by atoms with Gasteiger partial charge in [-0.25, -0.2) is 4.79 Å². The maximum atomic E-state index is 11.3. The number of halogens is 1. The molecule has 0 aliphatic heterocycles. The fourth-order valence-electron chi connectivity index (χ4n) is 1.06. The fourth-order valence-corrected chi connectivity index (χ4v) is 4.47. The Hall–Kier alpha value is -0.140. The lowest BCUT2D eigenvalue weighted by molar-refractivity contribution is 0.0603. The van der Waals surface area contributed by atoms with E-state index in [0.29, 0.717) is 5.56 Å². The minimum Gasteiger partial charge on any atom is -0.465 e. The van der Waals surface area contributed by atoms with Crippen molar-refractivity contribution < 1.29 is 9.53 Å². The van der Waals surface area contributed by atoms with E-state index in [1.807, 2.05) is 11.4 Å². The van der Waals surface area contributed by atoms with Gasteiger partial charge in [0.2, 0.25) is 0 Å². The van der Waals surface area contributed by atoms with Crippen molar-refractivity contribution in [3.63, 3.8) is 0 Å². The first-order valence-corrected chi connectivity index (χ1v) is 6.24. The molecule has 0 aromatic carbocycles. The van der Waals surface area contributed by atoms with E-state index in [1.54, 1.807) is 22.7 Å². The van der Waals surface area contributed by atoms with Crippen LogP contribution in [-0.2, 0) is 4.74 Å². The van der Waals surface area contributed by atoms with Crippen molar-refractivity contribution in [2.75, 3.05) is 7.11 Å². The Labute approximate surface area is 96.7 Å². The Morgan fingerprint density at radius 1 is 1.62 bits per heavy atom. The second kappa shape index (κ2) is 3.55. The van der Waals surface area contributed by atoms with Crippen LogP contribution in [0.3, 0.4) is 0 Å². The Bertz CT molecular complexity index is 458. The second-order valence-corrected chi connectivity index (χ2v) is 6.48. The van der Waals surface area contributed by atoms with Gasteiger partial charge in [0.05, 0.1) is 19.6 Å². The first-order valence-electron chi connectivity index (χ1n) is 3.47. The van der Waals surface area contributed by atoms with Crippen molar-refractivity contribution in [3.8, 4) is 0 Å². The summed E-state index contributed by atoms with van der Waals surface area (Å²) < 4.78 is 7.07. The number of carbonyl (C=O) groups is 1. The minimum absolute atomic E-state index is 0.250. The van der Waals surface area contributed by atoms with Crippen LogP contribution in [0.2, 0.25) is 0 Å². The Balaban J connectivity index is 2.62. The molecule has 2 heterocycles. The molecule has 0 N–H and O–H groups in total. The molecule has 2 nitrogen and oxygen atoms in total. The van der Waals surface area contributed by atoms with Crippen LogP contribution in [0, 0.1) is 2.88 Å². The maximum Gasteiger partial charge on any atom is 0.339 e. The molecule has 0 unspecified atom stereocenters. The summed E-state index contributed by atoms with van der Waals surface area (Å²) >= 11 is 5.54. The third-order valence-electron chi connectivity index (χ3n) is 1.65. The van der Waals surface area contributed by atoms with E-state index < -0.39 is 0 Å². The summed E-state index contributed by atoms with van der Waals surface area (Å²) in [7, 11) is 1.41. The summed E-state index contributed by atoms with van der Waals surface area (Å²) in [5.74, 6) is -0.250. The number of esters is 1. The van der Waals surface area contributed by atoms with Crippen molar-refractivity contribution in [1.82, 2.24) is 0 Å². The highest BCUT2D eigenvalue weighted by atomic mass is 127. The Morgan fingerprint density at radius 3 is 3.08 bits per heavy atom.